The van der Waals surface area contributed by atoms with Gasteiger partial charge in [0.2, 0.25) is 5.88 Å². The van der Waals surface area contributed by atoms with Crippen LogP contribution in [-0.2, 0) is 17.9 Å². The zero-order chi connectivity index (χ0) is 14.5. The minimum absolute atomic E-state index is 0.170. The Labute approximate surface area is 117 Å². The Morgan fingerprint density at radius 2 is 2.20 bits per heavy atom. The Morgan fingerprint density at radius 1 is 1.40 bits per heavy atom. The van der Waals surface area contributed by atoms with Gasteiger partial charge in [0.1, 0.15) is 12.3 Å². The lowest BCUT2D eigenvalue weighted by Crippen LogP contribution is -2.12. The van der Waals surface area contributed by atoms with Crippen LogP contribution in [0.15, 0.2) is 24.4 Å². The number of hydrogen-bond donors (Lipinski definition) is 0. The molecule has 0 N–H and O–H groups in total. The van der Waals surface area contributed by atoms with E-state index in [1.165, 1.54) is 0 Å². The average Bonchev–Trinajstić information content (AvgIpc) is 2.86. The lowest BCUT2D eigenvalue weighted by Gasteiger charge is -2.06. The van der Waals surface area contributed by atoms with E-state index in [1.807, 2.05) is 19.9 Å². The molecule has 0 aliphatic heterocycles. The first kappa shape index (κ1) is 14.0. The van der Waals surface area contributed by atoms with Gasteiger partial charge in [0.25, 0.3) is 0 Å². The number of aromatic nitrogens is 3. The van der Waals surface area contributed by atoms with E-state index in [0.717, 1.165) is 11.3 Å². The lowest BCUT2D eigenvalue weighted by atomic mass is 10.3. The molecule has 6 nitrogen and oxygen atoms in total. The van der Waals surface area contributed by atoms with Gasteiger partial charge in [-0.2, -0.15) is 5.10 Å². The van der Waals surface area contributed by atoms with Crippen molar-refractivity contribution in [2.45, 2.75) is 27.0 Å². The van der Waals surface area contributed by atoms with E-state index >= 15 is 0 Å². The van der Waals surface area contributed by atoms with Crippen LogP contribution in [0.5, 0.6) is 5.88 Å². The van der Waals surface area contributed by atoms with Crippen molar-refractivity contribution < 1.29 is 14.3 Å². The largest absolute Gasteiger partial charge is 0.481 e. The maximum atomic E-state index is 12.0. The Hall–Kier alpha value is -2.37. The predicted octanol–water partition coefficient (Wildman–Crippen LogP) is 1.97. The number of carbonyl (C=O) groups excluding carboxylic acids is 1. The Morgan fingerprint density at radius 3 is 2.80 bits per heavy atom. The topological polar surface area (TPSA) is 66.2 Å². The normalized spacial score (nSPS) is 10.3. The summed E-state index contributed by atoms with van der Waals surface area (Å²) in [6, 6.07) is 5.25. The lowest BCUT2D eigenvalue weighted by molar-refractivity contribution is 0.0458. The summed E-state index contributed by atoms with van der Waals surface area (Å²) >= 11 is 0. The van der Waals surface area contributed by atoms with Crippen molar-refractivity contribution in [1.29, 1.82) is 0 Å². The van der Waals surface area contributed by atoms with Gasteiger partial charge in [-0.25, -0.2) is 9.78 Å². The van der Waals surface area contributed by atoms with Crippen LogP contribution in [0.3, 0.4) is 0 Å². The SMILES string of the molecule is CCn1nc(C)cc1C(=O)OCc1ccc(OC)nc1. The minimum Gasteiger partial charge on any atom is -0.481 e. The van der Waals surface area contributed by atoms with E-state index in [9.17, 15) is 4.79 Å². The fourth-order valence-electron chi connectivity index (χ4n) is 1.79. The second-order valence-electron chi connectivity index (χ2n) is 4.27. The standard InChI is InChI=1S/C14H17N3O3/c1-4-17-12(7-10(2)16-17)14(18)20-9-11-5-6-13(19-3)15-8-11/h5-8H,4,9H2,1-3H3. The summed E-state index contributed by atoms with van der Waals surface area (Å²) in [7, 11) is 1.55. The third-order valence-corrected chi connectivity index (χ3v) is 2.79. The number of aryl methyl sites for hydroxylation is 2. The highest BCUT2D eigenvalue weighted by atomic mass is 16.5. The molecule has 0 saturated carbocycles. The zero-order valence-electron chi connectivity index (χ0n) is 11.8. The summed E-state index contributed by atoms with van der Waals surface area (Å²) in [5.74, 6) is 0.142. The van der Waals surface area contributed by atoms with Crippen molar-refractivity contribution in [2.24, 2.45) is 0 Å². The van der Waals surface area contributed by atoms with E-state index in [4.69, 9.17) is 9.47 Å². The number of ether oxygens (including phenoxy) is 2. The minimum atomic E-state index is -0.386. The van der Waals surface area contributed by atoms with Crippen LogP contribution in [0.1, 0.15) is 28.7 Å². The smallest absolute Gasteiger partial charge is 0.356 e. The molecule has 0 aromatic carbocycles. The van der Waals surface area contributed by atoms with Crippen molar-refractivity contribution in [3.8, 4) is 5.88 Å². The predicted molar refractivity (Wildman–Crippen MR) is 72.5 cm³/mol. The molecule has 6 heteroatoms. The molecule has 0 saturated heterocycles. The number of carbonyl (C=O) groups is 1. The van der Waals surface area contributed by atoms with Crippen LogP contribution in [0.4, 0.5) is 0 Å². The van der Waals surface area contributed by atoms with Crippen LogP contribution in [0, 0.1) is 6.92 Å². The van der Waals surface area contributed by atoms with E-state index < -0.39 is 0 Å². The molecule has 0 aliphatic carbocycles. The van der Waals surface area contributed by atoms with Gasteiger partial charge in [-0.1, -0.05) is 0 Å². The number of hydrogen-bond acceptors (Lipinski definition) is 5. The molecule has 2 aromatic heterocycles. The number of nitrogens with zero attached hydrogens (tertiary/aromatic N) is 3. The van der Waals surface area contributed by atoms with E-state index in [1.54, 1.807) is 30.1 Å². The molecule has 2 heterocycles. The van der Waals surface area contributed by atoms with E-state index in [-0.39, 0.29) is 12.6 Å². The second kappa shape index (κ2) is 6.18. The molecule has 0 amide bonds. The molecule has 0 unspecified atom stereocenters. The Kier molecular flexibility index (Phi) is 4.34. The van der Waals surface area contributed by atoms with E-state index in [2.05, 4.69) is 10.1 Å². The highest BCUT2D eigenvalue weighted by Crippen LogP contribution is 2.10. The maximum absolute atomic E-state index is 12.0. The van der Waals surface area contributed by atoms with Crippen molar-refractivity contribution in [2.75, 3.05) is 7.11 Å². The summed E-state index contributed by atoms with van der Waals surface area (Å²) < 4.78 is 11.9. The molecule has 2 rings (SSSR count). The first-order chi connectivity index (χ1) is 9.63. The maximum Gasteiger partial charge on any atom is 0.356 e. The van der Waals surface area contributed by atoms with Crippen molar-refractivity contribution in [3.05, 3.63) is 41.3 Å². The molecular weight excluding hydrogens is 258 g/mol. The molecule has 0 fully saturated rings. The van der Waals surface area contributed by atoms with E-state index in [0.29, 0.717) is 18.1 Å². The molecule has 0 radical (unpaired) electrons. The fourth-order valence-corrected chi connectivity index (χ4v) is 1.79. The summed E-state index contributed by atoms with van der Waals surface area (Å²) in [5.41, 5.74) is 2.06. The van der Waals surface area contributed by atoms with Crippen LogP contribution in [0.2, 0.25) is 0 Å². The summed E-state index contributed by atoms with van der Waals surface area (Å²) in [6.07, 6.45) is 1.62. The zero-order valence-corrected chi connectivity index (χ0v) is 11.8. The molecule has 0 spiro atoms. The number of methoxy groups -OCH3 is 1. The number of esters is 1. The highest BCUT2D eigenvalue weighted by molar-refractivity contribution is 5.87. The van der Waals surface area contributed by atoms with Crippen molar-refractivity contribution in [1.82, 2.24) is 14.8 Å². The summed E-state index contributed by atoms with van der Waals surface area (Å²) in [4.78, 5) is 16.1. The molecule has 2 aromatic rings. The van der Waals surface area contributed by atoms with Gasteiger partial charge in [-0.3, -0.25) is 4.68 Å². The molecule has 20 heavy (non-hydrogen) atoms. The third kappa shape index (κ3) is 3.14. The average molecular weight is 275 g/mol. The molecule has 106 valence electrons. The summed E-state index contributed by atoms with van der Waals surface area (Å²) in [6.45, 7) is 4.57. The number of rotatable bonds is 5. The van der Waals surface area contributed by atoms with Gasteiger partial charge >= 0.3 is 5.97 Å². The van der Waals surface area contributed by atoms with Gasteiger partial charge in [-0.05, 0) is 26.0 Å². The van der Waals surface area contributed by atoms with Crippen LogP contribution in [-0.4, -0.2) is 27.8 Å². The Balaban J connectivity index is 2.00. The van der Waals surface area contributed by atoms with Gasteiger partial charge in [0.05, 0.1) is 12.8 Å². The van der Waals surface area contributed by atoms with Gasteiger partial charge < -0.3 is 9.47 Å². The number of pyridine rings is 1. The van der Waals surface area contributed by atoms with Gasteiger partial charge in [0.15, 0.2) is 0 Å². The first-order valence-electron chi connectivity index (χ1n) is 6.34. The molecule has 0 aliphatic rings. The monoisotopic (exact) mass is 275 g/mol. The second-order valence-corrected chi connectivity index (χ2v) is 4.27. The Bertz CT molecular complexity index is 590. The van der Waals surface area contributed by atoms with Crippen LogP contribution < -0.4 is 4.74 Å². The first-order valence-corrected chi connectivity index (χ1v) is 6.34. The quantitative estimate of drug-likeness (QED) is 0.780. The highest BCUT2D eigenvalue weighted by Gasteiger charge is 2.14. The van der Waals surface area contributed by atoms with Crippen LogP contribution >= 0.6 is 0 Å². The third-order valence-electron chi connectivity index (χ3n) is 2.79. The van der Waals surface area contributed by atoms with Gasteiger partial charge in [0, 0.05) is 24.4 Å². The fraction of sp³-hybridized carbons (Fsp3) is 0.357. The van der Waals surface area contributed by atoms with Crippen molar-refractivity contribution >= 4 is 5.97 Å². The molecule has 0 atom stereocenters. The van der Waals surface area contributed by atoms with Gasteiger partial charge in [-0.15, -0.1) is 0 Å². The molecular formula is C14H17N3O3. The van der Waals surface area contributed by atoms with Crippen LogP contribution in [0.25, 0.3) is 0 Å². The summed E-state index contributed by atoms with van der Waals surface area (Å²) in [5, 5.41) is 4.21. The molecule has 0 bridgehead atoms. The van der Waals surface area contributed by atoms with Crippen molar-refractivity contribution in [3.63, 3.8) is 0 Å².